The molecule has 5 heteroatoms. The lowest BCUT2D eigenvalue weighted by atomic mass is 10.1. The Kier molecular flexibility index (Phi) is 4.00. The number of aromatic nitrogens is 3. The van der Waals surface area contributed by atoms with E-state index in [9.17, 15) is 4.79 Å². The summed E-state index contributed by atoms with van der Waals surface area (Å²) >= 11 is 6.08. The van der Waals surface area contributed by atoms with Crippen molar-refractivity contribution in [1.29, 1.82) is 0 Å². The molecule has 2 heterocycles. The van der Waals surface area contributed by atoms with E-state index in [4.69, 9.17) is 11.6 Å². The summed E-state index contributed by atoms with van der Waals surface area (Å²) in [5.41, 5.74) is 2.62. The summed E-state index contributed by atoms with van der Waals surface area (Å²) in [7, 11) is 0. The minimum atomic E-state index is -0.124. The molecule has 0 aliphatic heterocycles. The van der Waals surface area contributed by atoms with Crippen molar-refractivity contribution < 1.29 is 4.79 Å². The van der Waals surface area contributed by atoms with Gasteiger partial charge in [0.05, 0.1) is 11.2 Å². The van der Waals surface area contributed by atoms with Gasteiger partial charge in [-0.05, 0) is 32.4 Å². The van der Waals surface area contributed by atoms with Crippen LogP contribution in [-0.2, 0) is 6.54 Å². The van der Waals surface area contributed by atoms with E-state index in [0.717, 1.165) is 12.1 Å². The van der Waals surface area contributed by atoms with E-state index < -0.39 is 0 Å². The fourth-order valence-electron chi connectivity index (χ4n) is 2.02. The first-order valence-electron chi connectivity index (χ1n) is 6.24. The minimum absolute atomic E-state index is 0.124. The molecule has 2 rings (SSSR count). The lowest BCUT2D eigenvalue weighted by Gasteiger charge is -2.08. The van der Waals surface area contributed by atoms with Crippen molar-refractivity contribution in [3.05, 3.63) is 46.0 Å². The Labute approximate surface area is 117 Å². The maximum absolute atomic E-state index is 12.6. The Balaban J connectivity index is 2.46. The lowest BCUT2D eigenvalue weighted by molar-refractivity contribution is 0.102. The van der Waals surface area contributed by atoms with E-state index in [2.05, 4.69) is 10.1 Å². The standard InChI is InChI=1S/C14H16ClN3O/c1-4-7-18-13(12(15)8-16-18)14(19)11-6-5-9(2)17-10(11)3/h5-6,8H,4,7H2,1-3H3. The smallest absolute Gasteiger partial charge is 0.214 e. The number of nitrogens with zero attached hydrogens (tertiary/aromatic N) is 3. The molecule has 2 aromatic heterocycles. The Bertz CT molecular complexity index is 619. The molecule has 0 spiro atoms. The second kappa shape index (κ2) is 5.53. The highest BCUT2D eigenvalue weighted by Gasteiger charge is 2.20. The van der Waals surface area contributed by atoms with Gasteiger partial charge in [-0.1, -0.05) is 18.5 Å². The van der Waals surface area contributed by atoms with Gasteiger partial charge in [0.1, 0.15) is 5.69 Å². The van der Waals surface area contributed by atoms with Crippen LogP contribution < -0.4 is 0 Å². The van der Waals surface area contributed by atoms with Crippen LogP contribution in [0.25, 0.3) is 0 Å². The molecule has 0 N–H and O–H groups in total. The summed E-state index contributed by atoms with van der Waals surface area (Å²) in [6.07, 6.45) is 2.41. The van der Waals surface area contributed by atoms with Gasteiger partial charge in [0.25, 0.3) is 0 Å². The van der Waals surface area contributed by atoms with Crippen LogP contribution in [0.4, 0.5) is 0 Å². The molecule has 0 saturated carbocycles. The Morgan fingerprint density at radius 2 is 2.11 bits per heavy atom. The van der Waals surface area contributed by atoms with Crippen LogP contribution in [0.15, 0.2) is 18.3 Å². The van der Waals surface area contributed by atoms with Crippen molar-refractivity contribution >= 4 is 17.4 Å². The molecule has 0 fully saturated rings. The number of hydrogen-bond acceptors (Lipinski definition) is 3. The Morgan fingerprint density at radius 1 is 1.37 bits per heavy atom. The third-order valence-corrected chi connectivity index (χ3v) is 3.19. The maximum Gasteiger partial charge on any atom is 0.214 e. The number of pyridine rings is 1. The zero-order valence-corrected chi connectivity index (χ0v) is 12.0. The van der Waals surface area contributed by atoms with Gasteiger partial charge in [0.2, 0.25) is 5.78 Å². The second-order valence-electron chi connectivity index (χ2n) is 4.48. The third-order valence-electron chi connectivity index (χ3n) is 2.91. The average Bonchev–Trinajstić information content (AvgIpc) is 2.70. The zero-order chi connectivity index (χ0) is 14.0. The highest BCUT2D eigenvalue weighted by atomic mass is 35.5. The van der Waals surface area contributed by atoms with Crippen molar-refractivity contribution in [3.8, 4) is 0 Å². The number of rotatable bonds is 4. The van der Waals surface area contributed by atoms with Crippen LogP contribution >= 0.6 is 11.6 Å². The van der Waals surface area contributed by atoms with Crippen molar-refractivity contribution in [1.82, 2.24) is 14.8 Å². The molecule has 19 heavy (non-hydrogen) atoms. The number of carbonyl (C=O) groups excluding carboxylic acids is 1. The van der Waals surface area contributed by atoms with E-state index in [1.807, 2.05) is 26.8 Å². The van der Waals surface area contributed by atoms with Gasteiger partial charge in [-0.2, -0.15) is 5.10 Å². The van der Waals surface area contributed by atoms with Crippen LogP contribution in [0.3, 0.4) is 0 Å². The largest absolute Gasteiger partial charge is 0.287 e. The molecule has 0 radical (unpaired) electrons. The monoisotopic (exact) mass is 277 g/mol. The van der Waals surface area contributed by atoms with Crippen molar-refractivity contribution in [2.24, 2.45) is 0 Å². The summed E-state index contributed by atoms with van der Waals surface area (Å²) < 4.78 is 1.66. The summed E-state index contributed by atoms with van der Waals surface area (Å²) in [6, 6.07) is 3.62. The van der Waals surface area contributed by atoms with E-state index >= 15 is 0 Å². The van der Waals surface area contributed by atoms with E-state index in [1.54, 1.807) is 10.7 Å². The van der Waals surface area contributed by atoms with Crippen molar-refractivity contribution in [2.75, 3.05) is 0 Å². The normalized spacial score (nSPS) is 10.7. The summed E-state index contributed by atoms with van der Waals surface area (Å²) in [6.45, 7) is 6.43. The van der Waals surface area contributed by atoms with Gasteiger partial charge in [-0.3, -0.25) is 14.5 Å². The number of halogens is 1. The van der Waals surface area contributed by atoms with Crippen molar-refractivity contribution in [2.45, 2.75) is 33.7 Å². The molecular formula is C14H16ClN3O. The number of carbonyl (C=O) groups is 1. The quantitative estimate of drug-likeness (QED) is 0.807. The molecule has 0 aliphatic rings. The minimum Gasteiger partial charge on any atom is -0.287 e. The first-order chi connectivity index (χ1) is 9.04. The average molecular weight is 278 g/mol. The molecule has 2 aromatic rings. The Hall–Kier alpha value is -1.68. The first kappa shape index (κ1) is 13.7. The first-order valence-corrected chi connectivity index (χ1v) is 6.62. The number of hydrogen-bond donors (Lipinski definition) is 0. The molecule has 4 nitrogen and oxygen atoms in total. The summed E-state index contributed by atoms with van der Waals surface area (Å²) in [4.78, 5) is 16.9. The molecule has 100 valence electrons. The van der Waals surface area contributed by atoms with E-state index in [0.29, 0.717) is 28.5 Å². The third kappa shape index (κ3) is 2.68. The van der Waals surface area contributed by atoms with Gasteiger partial charge in [0.15, 0.2) is 0 Å². The topological polar surface area (TPSA) is 47.8 Å². The fraction of sp³-hybridized carbons (Fsp3) is 0.357. The van der Waals surface area contributed by atoms with Crippen molar-refractivity contribution in [3.63, 3.8) is 0 Å². The molecule has 0 atom stereocenters. The number of ketones is 1. The molecule has 0 bridgehead atoms. The second-order valence-corrected chi connectivity index (χ2v) is 4.89. The molecular weight excluding hydrogens is 262 g/mol. The molecule has 0 aliphatic carbocycles. The summed E-state index contributed by atoms with van der Waals surface area (Å²) in [5.74, 6) is -0.124. The predicted molar refractivity (Wildman–Crippen MR) is 74.7 cm³/mol. The zero-order valence-electron chi connectivity index (χ0n) is 11.3. The van der Waals surface area contributed by atoms with Gasteiger partial charge in [-0.25, -0.2) is 0 Å². The predicted octanol–water partition coefficient (Wildman–Crippen LogP) is 3.19. The number of aryl methyl sites for hydroxylation is 3. The van der Waals surface area contributed by atoms with Gasteiger partial charge >= 0.3 is 0 Å². The Morgan fingerprint density at radius 3 is 2.74 bits per heavy atom. The van der Waals surface area contributed by atoms with Gasteiger partial charge in [0, 0.05) is 23.5 Å². The van der Waals surface area contributed by atoms with Crippen LogP contribution in [0, 0.1) is 13.8 Å². The van der Waals surface area contributed by atoms with Gasteiger partial charge < -0.3 is 0 Å². The SMILES string of the molecule is CCCn1ncc(Cl)c1C(=O)c1ccc(C)nc1C. The van der Waals surface area contributed by atoms with Crippen LogP contribution in [0.2, 0.25) is 5.02 Å². The fourth-order valence-corrected chi connectivity index (χ4v) is 2.25. The molecule has 0 amide bonds. The van der Waals surface area contributed by atoms with Crippen LogP contribution in [-0.4, -0.2) is 20.5 Å². The molecule has 0 aromatic carbocycles. The van der Waals surface area contributed by atoms with Crippen LogP contribution in [0.1, 0.15) is 40.8 Å². The van der Waals surface area contributed by atoms with Gasteiger partial charge in [-0.15, -0.1) is 0 Å². The van der Waals surface area contributed by atoms with Crippen LogP contribution in [0.5, 0.6) is 0 Å². The van der Waals surface area contributed by atoms with E-state index in [-0.39, 0.29) is 5.78 Å². The lowest BCUT2D eigenvalue weighted by Crippen LogP contribution is -2.13. The van der Waals surface area contributed by atoms with E-state index in [1.165, 1.54) is 6.20 Å². The highest BCUT2D eigenvalue weighted by molar-refractivity contribution is 6.34. The summed E-state index contributed by atoms with van der Waals surface area (Å²) in [5, 5.41) is 4.53. The molecule has 0 unspecified atom stereocenters. The maximum atomic E-state index is 12.6. The highest BCUT2D eigenvalue weighted by Crippen LogP contribution is 2.21. The molecule has 0 saturated heterocycles.